The lowest BCUT2D eigenvalue weighted by atomic mass is 10.5. The molecule has 0 aliphatic heterocycles. The van der Waals surface area contributed by atoms with Gasteiger partial charge in [0.15, 0.2) is 0 Å². The Hall–Kier alpha value is -1.47. The zero-order chi connectivity index (χ0) is 11.4. The quantitative estimate of drug-likeness (QED) is 0.708. The fourth-order valence-electron chi connectivity index (χ4n) is 0.627. The molecule has 0 aromatic heterocycles. The summed E-state index contributed by atoms with van der Waals surface area (Å²) in [5.74, 6) is -1.32. The van der Waals surface area contributed by atoms with E-state index in [0.717, 1.165) is 7.05 Å². The van der Waals surface area contributed by atoms with Crippen molar-refractivity contribution < 1.29 is 27.9 Å². The maximum Gasteiger partial charge on any atom is 0.406 e. The van der Waals surface area contributed by atoms with Crippen LogP contribution in [-0.2, 0) is 4.79 Å². The highest BCUT2D eigenvalue weighted by atomic mass is 19.4. The molecular formula is C6H9F3N2O3. The smallest absolute Gasteiger partial charge is 0.406 e. The molecule has 0 unspecified atom stereocenters. The van der Waals surface area contributed by atoms with E-state index in [1.807, 2.05) is 0 Å². The predicted molar refractivity (Wildman–Crippen MR) is 39.7 cm³/mol. The summed E-state index contributed by atoms with van der Waals surface area (Å²) in [5, 5.41) is 9.91. The maximum atomic E-state index is 11.7. The summed E-state index contributed by atoms with van der Waals surface area (Å²) < 4.78 is 35.2. The number of urea groups is 1. The van der Waals surface area contributed by atoms with Gasteiger partial charge in [-0.25, -0.2) is 4.79 Å². The minimum Gasteiger partial charge on any atom is -0.480 e. The molecule has 0 atom stereocenters. The number of carboxylic acid groups (broad SMARTS) is 1. The van der Waals surface area contributed by atoms with Gasteiger partial charge in [0, 0.05) is 7.05 Å². The van der Waals surface area contributed by atoms with Gasteiger partial charge in [0.25, 0.3) is 0 Å². The molecule has 0 fully saturated rings. The van der Waals surface area contributed by atoms with E-state index in [2.05, 4.69) is 0 Å². The lowest BCUT2D eigenvalue weighted by molar-refractivity contribution is -0.137. The number of halogens is 3. The lowest BCUT2D eigenvalue weighted by Gasteiger charge is -2.18. The van der Waals surface area contributed by atoms with Crippen molar-refractivity contribution in [1.82, 2.24) is 10.2 Å². The highest BCUT2D eigenvalue weighted by Gasteiger charge is 2.31. The third kappa shape index (κ3) is 6.09. The van der Waals surface area contributed by atoms with Gasteiger partial charge < -0.3 is 15.3 Å². The molecule has 0 radical (unpaired) electrons. The van der Waals surface area contributed by atoms with Crippen LogP contribution < -0.4 is 5.32 Å². The number of carbonyl (C=O) groups excluding carboxylic acids is 1. The summed E-state index contributed by atoms with van der Waals surface area (Å²) in [6.07, 6.45) is -4.49. The average molecular weight is 214 g/mol. The summed E-state index contributed by atoms with van der Waals surface area (Å²) in [6, 6.07) is -1.08. The van der Waals surface area contributed by atoms with Crippen molar-refractivity contribution in [1.29, 1.82) is 0 Å². The van der Waals surface area contributed by atoms with Crippen molar-refractivity contribution in [2.24, 2.45) is 0 Å². The standard InChI is InChI=1S/C6H9F3N2O3/c1-11(3-6(7,8)9)5(14)10-2-4(12)13/h2-3H2,1H3,(H,10,14)(H,12,13). The molecule has 0 saturated carbocycles. The normalized spacial score (nSPS) is 10.9. The Morgan fingerprint density at radius 3 is 2.29 bits per heavy atom. The van der Waals surface area contributed by atoms with Gasteiger partial charge in [-0.3, -0.25) is 4.79 Å². The molecule has 0 aliphatic rings. The van der Waals surface area contributed by atoms with Crippen LogP contribution >= 0.6 is 0 Å². The fourth-order valence-corrected chi connectivity index (χ4v) is 0.627. The molecule has 2 amide bonds. The van der Waals surface area contributed by atoms with Crippen molar-refractivity contribution in [2.75, 3.05) is 20.1 Å². The topological polar surface area (TPSA) is 69.6 Å². The van der Waals surface area contributed by atoms with Gasteiger partial charge in [0.1, 0.15) is 13.1 Å². The van der Waals surface area contributed by atoms with Gasteiger partial charge in [-0.1, -0.05) is 0 Å². The number of hydrogen-bond acceptors (Lipinski definition) is 2. The molecule has 0 bridgehead atoms. The van der Waals surface area contributed by atoms with Gasteiger partial charge in [-0.15, -0.1) is 0 Å². The minimum atomic E-state index is -4.49. The minimum absolute atomic E-state index is 0.350. The summed E-state index contributed by atoms with van der Waals surface area (Å²) in [7, 11) is 0.921. The van der Waals surface area contributed by atoms with Crippen molar-refractivity contribution in [3.05, 3.63) is 0 Å². The van der Waals surface area contributed by atoms with E-state index in [-0.39, 0.29) is 0 Å². The highest BCUT2D eigenvalue weighted by molar-refractivity contribution is 5.79. The van der Waals surface area contributed by atoms with Crippen LogP contribution in [0.1, 0.15) is 0 Å². The zero-order valence-electron chi connectivity index (χ0n) is 7.26. The Bertz CT molecular complexity index is 229. The number of nitrogens with one attached hydrogen (secondary N) is 1. The Balaban J connectivity index is 3.94. The van der Waals surface area contributed by atoms with Crippen LogP contribution in [-0.4, -0.2) is 48.3 Å². The van der Waals surface area contributed by atoms with Gasteiger partial charge in [-0.05, 0) is 0 Å². The molecule has 0 saturated heterocycles. The number of carbonyl (C=O) groups is 2. The molecule has 0 heterocycles. The van der Waals surface area contributed by atoms with E-state index in [1.165, 1.54) is 0 Å². The molecule has 0 aliphatic carbocycles. The Kier molecular flexibility index (Phi) is 4.19. The fraction of sp³-hybridized carbons (Fsp3) is 0.667. The summed E-state index contributed by atoms with van der Waals surface area (Å²) in [6.45, 7) is -2.13. The van der Waals surface area contributed by atoms with E-state index in [9.17, 15) is 22.8 Å². The van der Waals surface area contributed by atoms with Crippen LogP contribution in [0.4, 0.5) is 18.0 Å². The van der Waals surface area contributed by atoms with E-state index in [0.29, 0.717) is 4.90 Å². The van der Waals surface area contributed by atoms with E-state index in [1.54, 1.807) is 5.32 Å². The van der Waals surface area contributed by atoms with Crippen LogP contribution in [0, 0.1) is 0 Å². The van der Waals surface area contributed by atoms with Gasteiger partial charge in [-0.2, -0.15) is 13.2 Å². The second kappa shape index (κ2) is 4.68. The van der Waals surface area contributed by atoms with E-state index < -0.39 is 31.3 Å². The van der Waals surface area contributed by atoms with Crippen molar-refractivity contribution in [3.63, 3.8) is 0 Å². The summed E-state index contributed by atoms with van der Waals surface area (Å²) in [5.41, 5.74) is 0. The molecule has 0 aromatic carbocycles. The Morgan fingerprint density at radius 1 is 1.43 bits per heavy atom. The first-order valence-electron chi connectivity index (χ1n) is 3.50. The first-order valence-corrected chi connectivity index (χ1v) is 3.50. The molecule has 5 nitrogen and oxygen atoms in total. The van der Waals surface area contributed by atoms with Crippen LogP contribution in [0.25, 0.3) is 0 Å². The number of amides is 2. The number of alkyl halides is 3. The monoisotopic (exact) mass is 214 g/mol. The molecule has 82 valence electrons. The van der Waals surface area contributed by atoms with Crippen molar-refractivity contribution in [3.8, 4) is 0 Å². The molecule has 8 heteroatoms. The Morgan fingerprint density at radius 2 is 1.93 bits per heavy atom. The zero-order valence-corrected chi connectivity index (χ0v) is 7.26. The highest BCUT2D eigenvalue weighted by Crippen LogP contribution is 2.15. The van der Waals surface area contributed by atoms with Gasteiger partial charge >= 0.3 is 18.2 Å². The second-order valence-corrected chi connectivity index (χ2v) is 2.52. The van der Waals surface area contributed by atoms with Crippen LogP contribution in [0.2, 0.25) is 0 Å². The van der Waals surface area contributed by atoms with Crippen LogP contribution in [0.5, 0.6) is 0 Å². The van der Waals surface area contributed by atoms with Gasteiger partial charge in [0.2, 0.25) is 0 Å². The first-order chi connectivity index (χ1) is 6.22. The Labute approximate surface area is 77.5 Å². The molecule has 0 aromatic rings. The number of carboxylic acids is 1. The van der Waals surface area contributed by atoms with E-state index >= 15 is 0 Å². The number of rotatable bonds is 3. The third-order valence-electron chi connectivity index (χ3n) is 1.15. The summed E-state index contributed by atoms with van der Waals surface area (Å²) >= 11 is 0. The molecule has 0 rings (SSSR count). The number of hydrogen-bond donors (Lipinski definition) is 2. The molecular weight excluding hydrogens is 205 g/mol. The second-order valence-electron chi connectivity index (χ2n) is 2.52. The summed E-state index contributed by atoms with van der Waals surface area (Å²) in [4.78, 5) is 21.1. The van der Waals surface area contributed by atoms with E-state index in [4.69, 9.17) is 5.11 Å². The van der Waals surface area contributed by atoms with Gasteiger partial charge in [0.05, 0.1) is 0 Å². The maximum absolute atomic E-state index is 11.7. The van der Waals surface area contributed by atoms with Crippen LogP contribution in [0.3, 0.4) is 0 Å². The van der Waals surface area contributed by atoms with Crippen molar-refractivity contribution >= 4 is 12.0 Å². The molecule has 2 N–H and O–H groups in total. The SMILES string of the molecule is CN(CC(F)(F)F)C(=O)NCC(=O)O. The largest absolute Gasteiger partial charge is 0.480 e. The molecule has 14 heavy (non-hydrogen) atoms. The lowest BCUT2D eigenvalue weighted by Crippen LogP contribution is -2.43. The average Bonchev–Trinajstić information content (AvgIpc) is 1.96. The first kappa shape index (κ1) is 12.5. The molecule has 0 spiro atoms. The van der Waals surface area contributed by atoms with Crippen molar-refractivity contribution in [2.45, 2.75) is 6.18 Å². The third-order valence-corrected chi connectivity index (χ3v) is 1.15. The van der Waals surface area contributed by atoms with Crippen LogP contribution in [0.15, 0.2) is 0 Å². The number of aliphatic carboxylic acids is 1. The predicted octanol–water partition coefficient (Wildman–Crippen LogP) is 0.275. The number of nitrogens with zero attached hydrogens (tertiary/aromatic N) is 1.